The number of aromatic nitrogens is 1. The summed E-state index contributed by atoms with van der Waals surface area (Å²) in [6.07, 6.45) is 1.44. The van der Waals surface area contributed by atoms with Crippen molar-refractivity contribution in [2.24, 2.45) is 0 Å². The zero-order chi connectivity index (χ0) is 13.1. The van der Waals surface area contributed by atoms with Crippen molar-refractivity contribution in [1.82, 2.24) is 4.98 Å². The van der Waals surface area contributed by atoms with Gasteiger partial charge >= 0.3 is 5.69 Å². The Kier molecular flexibility index (Phi) is 3.43. The standard InChI is InChI=1S/C12H9ClN2O3/c1-18-9-4-2-8(3-5-9)10-6-7-14-12(13)11(10)15(16)17/h2-7H,1H3. The van der Waals surface area contributed by atoms with Crippen LogP contribution in [0.3, 0.4) is 0 Å². The number of rotatable bonds is 3. The first-order chi connectivity index (χ1) is 8.63. The zero-order valence-electron chi connectivity index (χ0n) is 9.46. The molecule has 0 fully saturated rings. The third kappa shape index (κ3) is 2.26. The summed E-state index contributed by atoms with van der Waals surface area (Å²) >= 11 is 5.76. The van der Waals surface area contributed by atoms with Crippen molar-refractivity contribution in [1.29, 1.82) is 0 Å². The van der Waals surface area contributed by atoms with Gasteiger partial charge in [0.15, 0.2) is 0 Å². The van der Waals surface area contributed by atoms with Gasteiger partial charge in [-0.2, -0.15) is 0 Å². The fraction of sp³-hybridized carbons (Fsp3) is 0.0833. The van der Waals surface area contributed by atoms with Crippen LogP contribution in [0.5, 0.6) is 5.75 Å². The summed E-state index contributed by atoms with van der Waals surface area (Å²) in [5.41, 5.74) is 0.929. The molecule has 0 unspecified atom stereocenters. The van der Waals surface area contributed by atoms with Crippen LogP contribution in [0.1, 0.15) is 0 Å². The molecule has 0 bridgehead atoms. The van der Waals surface area contributed by atoms with Gasteiger partial charge in [-0.25, -0.2) is 4.98 Å². The third-order valence-corrected chi connectivity index (χ3v) is 2.74. The van der Waals surface area contributed by atoms with Crippen LogP contribution in [0.15, 0.2) is 36.5 Å². The first kappa shape index (κ1) is 12.3. The summed E-state index contributed by atoms with van der Waals surface area (Å²) < 4.78 is 5.03. The Morgan fingerprint density at radius 1 is 1.28 bits per heavy atom. The van der Waals surface area contributed by atoms with E-state index in [9.17, 15) is 10.1 Å². The lowest BCUT2D eigenvalue weighted by atomic mass is 10.1. The smallest absolute Gasteiger partial charge is 0.314 e. The molecule has 0 radical (unpaired) electrons. The second kappa shape index (κ2) is 5.01. The molecule has 0 atom stereocenters. The predicted octanol–water partition coefficient (Wildman–Crippen LogP) is 3.32. The summed E-state index contributed by atoms with van der Waals surface area (Å²) in [5, 5.41) is 10.9. The molecule has 6 heteroatoms. The van der Waals surface area contributed by atoms with Crippen molar-refractivity contribution >= 4 is 17.3 Å². The van der Waals surface area contributed by atoms with E-state index in [-0.39, 0.29) is 10.8 Å². The van der Waals surface area contributed by atoms with E-state index in [1.54, 1.807) is 37.4 Å². The van der Waals surface area contributed by atoms with E-state index in [2.05, 4.69) is 4.98 Å². The van der Waals surface area contributed by atoms with Crippen LogP contribution >= 0.6 is 11.6 Å². The lowest BCUT2D eigenvalue weighted by Gasteiger charge is -2.05. The summed E-state index contributed by atoms with van der Waals surface area (Å²) in [7, 11) is 1.56. The van der Waals surface area contributed by atoms with Crippen LogP contribution < -0.4 is 4.74 Å². The molecule has 2 rings (SSSR count). The van der Waals surface area contributed by atoms with Crippen molar-refractivity contribution in [3.8, 4) is 16.9 Å². The maximum atomic E-state index is 11.0. The third-order valence-electron chi connectivity index (χ3n) is 2.46. The van der Waals surface area contributed by atoms with Crippen LogP contribution in [0, 0.1) is 10.1 Å². The second-order valence-electron chi connectivity index (χ2n) is 3.48. The molecule has 18 heavy (non-hydrogen) atoms. The van der Waals surface area contributed by atoms with Gasteiger partial charge in [-0.15, -0.1) is 0 Å². The average Bonchev–Trinajstić information content (AvgIpc) is 2.38. The van der Waals surface area contributed by atoms with Gasteiger partial charge in [0, 0.05) is 6.20 Å². The van der Waals surface area contributed by atoms with E-state index in [0.29, 0.717) is 16.9 Å². The monoisotopic (exact) mass is 264 g/mol. The lowest BCUT2D eigenvalue weighted by Crippen LogP contribution is -1.95. The van der Waals surface area contributed by atoms with E-state index in [1.165, 1.54) is 6.20 Å². The summed E-state index contributed by atoms with van der Waals surface area (Å²) in [6, 6.07) is 8.49. The van der Waals surface area contributed by atoms with E-state index in [1.807, 2.05) is 0 Å². The van der Waals surface area contributed by atoms with Crippen LogP contribution in [-0.2, 0) is 0 Å². The number of pyridine rings is 1. The lowest BCUT2D eigenvalue weighted by molar-refractivity contribution is -0.384. The Bertz CT molecular complexity index is 584. The van der Waals surface area contributed by atoms with Crippen LogP contribution in [0.4, 0.5) is 5.69 Å². The van der Waals surface area contributed by atoms with Gasteiger partial charge < -0.3 is 4.74 Å². The van der Waals surface area contributed by atoms with Gasteiger partial charge in [0.05, 0.1) is 17.6 Å². The first-order valence-electron chi connectivity index (χ1n) is 5.07. The van der Waals surface area contributed by atoms with Gasteiger partial charge in [0.2, 0.25) is 5.15 Å². The quantitative estimate of drug-likeness (QED) is 0.485. The number of ether oxygens (including phenoxy) is 1. The van der Waals surface area contributed by atoms with Crippen molar-refractivity contribution in [2.45, 2.75) is 0 Å². The largest absolute Gasteiger partial charge is 0.497 e. The molecule has 2 aromatic rings. The summed E-state index contributed by atoms with van der Waals surface area (Å²) in [6.45, 7) is 0. The number of nitrogens with zero attached hydrogens (tertiary/aromatic N) is 2. The fourth-order valence-corrected chi connectivity index (χ4v) is 1.83. The SMILES string of the molecule is COc1ccc(-c2ccnc(Cl)c2[N+](=O)[O-])cc1. The summed E-state index contributed by atoms with van der Waals surface area (Å²) in [4.78, 5) is 14.2. The number of hydrogen-bond donors (Lipinski definition) is 0. The number of methoxy groups -OCH3 is 1. The molecular formula is C12H9ClN2O3. The maximum absolute atomic E-state index is 11.0. The molecule has 5 nitrogen and oxygen atoms in total. The average molecular weight is 265 g/mol. The zero-order valence-corrected chi connectivity index (χ0v) is 10.2. The molecule has 0 aliphatic carbocycles. The highest BCUT2D eigenvalue weighted by atomic mass is 35.5. The molecule has 0 saturated heterocycles. The molecule has 92 valence electrons. The number of hydrogen-bond acceptors (Lipinski definition) is 4. The molecule has 0 aliphatic rings. The molecule has 0 amide bonds. The van der Waals surface area contributed by atoms with Gasteiger partial charge in [-0.3, -0.25) is 10.1 Å². The van der Waals surface area contributed by atoms with Crippen LogP contribution in [0.25, 0.3) is 11.1 Å². The highest BCUT2D eigenvalue weighted by molar-refractivity contribution is 6.32. The topological polar surface area (TPSA) is 65.3 Å². The van der Waals surface area contributed by atoms with E-state index >= 15 is 0 Å². The Hall–Kier alpha value is -2.14. The fourth-order valence-electron chi connectivity index (χ4n) is 1.61. The predicted molar refractivity (Wildman–Crippen MR) is 67.9 cm³/mol. The van der Waals surface area contributed by atoms with Gasteiger partial charge in [-0.05, 0) is 23.8 Å². The van der Waals surface area contributed by atoms with Crippen molar-refractivity contribution in [2.75, 3.05) is 7.11 Å². The van der Waals surface area contributed by atoms with E-state index < -0.39 is 4.92 Å². The molecule has 0 spiro atoms. The normalized spacial score (nSPS) is 10.1. The Morgan fingerprint density at radius 2 is 1.94 bits per heavy atom. The van der Waals surface area contributed by atoms with Crippen molar-refractivity contribution < 1.29 is 9.66 Å². The minimum Gasteiger partial charge on any atom is -0.497 e. The van der Waals surface area contributed by atoms with E-state index in [0.717, 1.165) is 0 Å². The summed E-state index contributed by atoms with van der Waals surface area (Å²) in [5.74, 6) is 0.682. The molecule has 0 N–H and O–H groups in total. The van der Waals surface area contributed by atoms with E-state index in [4.69, 9.17) is 16.3 Å². The second-order valence-corrected chi connectivity index (χ2v) is 3.84. The maximum Gasteiger partial charge on any atom is 0.314 e. The molecule has 0 aliphatic heterocycles. The number of benzene rings is 1. The number of nitro groups is 1. The van der Waals surface area contributed by atoms with Crippen LogP contribution in [0.2, 0.25) is 5.15 Å². The molecule has 0 saturated carbocycles. The van der Waals surface area contributed by atoms with Crippen LogP contribution in [-0.4, -0.2) is 17.0 Å². The van der Waals surface area contributed by atoms with Crippen molar-refractivity contribution in [3.63, 3.8) is 0 Å². The Balaban J connectivity index is 2.56. The molecular weight excluding hydrogens is 256 g/mol. The van der Waals surface area contributed by atoms with Gasteiger partial charge in [0.1, 0.15) is 5.75 Å². The van der Waals surface area contributed by atoms with Crippen molar-refractivity contribution in [3.05, 3.63) is 51.8 Å². The minimum atomic E-state index is -0.533. The van der Waals surface area contributed by atoms with Gasteiger partial charge in [0.25, 0.3) is 0 Å². The Morgan fingerprint density at radius 3 is 2.50 bits per heavy atom. The minimum absolute atomic E-state index is 0.117. The highest BCUT2D eigenvalue weighted by Crippen LogP contribution is 2.34. The molecule has 1 aromatic heterocycles. The van der Waals surface area contributed by atoms with Gasteiger partial charge in [-0.1, -0.05) is 23.7 Å². The first-order valence-corrected chi connectivity index (χ1v) is 5.44. The molecule has 1 heterocycles. The molecule has 1 aromatic carbocycles. The highest BCUT2D eigenvalue weighted by Gasteiger charge is 2.20. The Labute approximate surface area is 108 Å². The number of halogens is 1.